The Morgan fingerprint density at radius 3 is 2.50 bits per heavy atom. The number of H-pyrrole nitrogens is 1. The summed E-state index contributed by atoms with van der Waals surface area (Å²) in [6.45, 7) is 3.95. The number of aliphatic hydroxyl groups excluding tert-OH is 2. The number of rotatable bonds is 9. The average molecular weight is 502 g/mol. The zero-order valence-electron chi connectivity index (χ0n) is 20.6. The molecule has 0 saturated carbocycles. The van der Waals surface area contributed by atoms with E-state index in [0.29, 0.717) is 39.0 Å². The molecule has 8 heteroatoms. The second-order valence-corrected chi connectivity index (χ2v) is 10.2. The number of nitrogens with zero attached hydrogens (tertiary/aromatic N) is 2. The van der Waals surface area contributed by atoms with E-state index in [1.165, 1.54) is 12.1 Å². The summed E-state index contributed by atoms with van der Waals surface area (Å²) in [5.74, 6) is -1.50. The van der Waals surface area contributed by atoms with Crippen LogP contribution < -0.4 is 0 Å². The molecule has 0 radical (unpaired) electrons. The van der Waals surface area contributed by atoms with Crippen molar-refractivity contribution in [3.8, 4) is 0 Å². The van der Waals surface area contributed by atoms with E-state index in [0.717, 1.165) is 28.6 Å². The van der Waals surface area contributed by atoms with E-state index < -0.39 is 23.8 Å². The molecule has 3 atom stereocenters. The number of halogens is 3. The molecule has 0 amide bonds. The van der Waals surface area contributed by atoms with E-state index in [2.05, 4.69) is 9.88 Å². The number of aromatic nitrogens is 1. The number of alkyl halides is 1. The topological polar surface area (TPSA) is 62.7 Å². The van der Waals surface area contributed by atoms with Crippen molar-refractivity contribution in [2.45, 2.75) is 44.4 Å². The molecule has 3 aromatic rings. The highest BCUT2D eigenvalue weighted by Crippen LogP contribution is 2.43. The molecule has 3 N–H and O–H groups in total. The molecule has 0 spiro atoms. The summed E-state index contributed by atoms with van der Waals surface area (Å²) in [4.78, 5) is 7.51. The highest BCUT2D eigenvalue weighted by molar-refractivity contribution is 5.85. The van der Waals surface area contributed by atoms with Crippen LogP contribution in [0.3, 0.4) is 0 Å². The van der Waals surface area contributed by atoms with Gasteiger partial charge in [-0.05, 0) is 55.5 Å². The van der Waals surface area contributed by atoms with Crippen LogP contribution >= 0.6 is 0 Å². The van der Waals surface area contributed by atoms with E-state index in [4.69, 9.17) is 0 Å². The summed E-state index contributed by atoms with van der Waals surface area (Å²) in [5, 5.41) is 21.3. The van der Waals surface area contributed by atoms with Gasteiger partial charge >= 0.3 is 0 Å². The maximum Gasteiger partial charge on any atom is 0.131 e. The number of benzene rings is 2. The minimum Gasteiger partial charge on any atom is -0.396 e. The third-order valence-corrected chi connectivity index (χ3v) is 7.85. The monoisotopic (exact) mass is 501 g/mol. The molecule has 1 unspecified atom stereocenters. The minimum absolute atomic E-state index is 0.00463. The molecule has 1 aromatic heterocycles. The van der Waals surface area contributed by atoms with Crippen molar-refractivity contribution in [2.75, 3.05) is 39.5 Å². The van der Waals surface area contributed by atoms with Gasteiger partial charge in [-0.1, -0.05) is 18.2 Å². The highest BCUT2D eigenvalue weighted by atomic mass is 19.1. The zero-order valence-corrected chi connectivity index (χ0v) is 20.6. The number of para-hydroxylation sites is 1. The summed E-state index contributed by atoms with van der Waals surface area (Å²) < 4.78 is 43.9. The van der Waals surface area contributed by atoms with Crippen molar-refractivity contribution in [1.29, 1.82) is 0 Å². The molecule has 3 heterocycles. The standard InChI is InChI=1S/C28H34F3N3O2/c1-17-12-21-20-6-2-3-7-24(20)32-26(21)27(34(17)10-5-11-35)25-22(30)13-18(14-23(25)31)28(36)19-15-33(16-19)9-4-8-29/h2-3,6-7,13-14,17,19,27-28,32,35-36H,4-5,8-12,15-16H2,1H3/t17-,27?,28+/m1/s1. The number of nitrogens with one attached hydrogen (secondary N) is 1. The molecule has 5 rings (SSSR count). The first-order valence-corrected chi connectivity index (χ1v) is 12.8. The lowest BCUT2D eigenvalue weighted by Crippen LogP contribution is -2.49. The fraction of sp³-hybridized carbons (Fsp3) is 0.500. The van der Waals surface area contributed by atoms with Gasteiger partial charge in [0.05, 0.1) is 18.8 Å². The smallest absolute Gasteiger partial charge is 0.131 e. The van der Waals surface area contributed by atoms with Gasteiger partial charge in [0.2, 0.25) is 0 Å². The summed E-state index contributed by atoms with van der Waals surface area (Å²) >= 11 is 0. The Labute approximate surface area is 209 Å². The van der Waals surface area contributed by atoms with Gasteiger partial charge in [-0.15, -0.1) is 0 Å². The van der Waals surface area contributed by atoms with Crippen LogP contribution in [0, 0.1) is 17.6 Å². The predicted molar refractivity (Wildman–Crippen MR) is 134 cm³/mol. The van der Waals surface area contributed by atoms with Crippen molar-refractivity contribution < 1.29 is 23.4 Å². The lowest BCUT2D eigenvalue weighted by molar-refractivity contribution is -0.00640. The quantitative estimate of drug-likeness (QED) is 0.404. The van der Waals surface area contributed by atoms with E-state index in [9.17, 15) is 14.6 Å². The Bertz CT molecular complexity index is 1190. The third kappa shape index (κ3) is 4.56. The van der Waals surface area contributed by atoms with Gasteiger partial charge in [-0.2, -0.15) is 0 Å². The van der Waals surface area contributed by atoms with Gasteiger partial charge in [-0.3, -0.25) is 9.29 Å². The summed E-state index contributed by atoms with van der Waals surface area (Å²) in [6.07, 6.45) is 0.700. The van der Waals surface area contributed by atoms with Gasteiger partial charge in [-0.25, -0.2) is 8.78 Å². The molecule has 194 valence electrons. The molecule has 2 aromatic carbocycles. The first-order valence-electron chi connectivity index (χ1n) is 12.8. The Morgan fingerprint density at radius 2 is 1.81 bits per heavy atom. The van der Waals surface area contributed by atoms with E-state index in [1.807, 2.05) is 36.1 Å². The SMILES string of the molecule is C[C@@H]1Cc2c([nH]c3ccccc23)C(c2c(F)cc([C@H](O)C3CN(CCCF)C3)cc2F)N1CCCO. The first-order chi connectivity index (χ1) is 17.4. The van der Waals surface area contributed by atoms with E-state index in [1.54, 1.807) is 0 Å². The largest absolute Gasteiger partial charge is 0.396 e. The van der Waals surface area contributed by atoms with Crippen molar-refractivity contribution in [3.05, 3.63) is 70.4 Å². The van der Waals surface area contributed by atoms with Crippen molar-refractivity contribution >= 4 is 10.9 Å². The number of aliphatic hydroxyl groups is 2. The second kappa shape index (κ2) is 10.5. The molecule has 36 heavy (non-hydrogen) atoms. The van der Waals surface area contributed by atoms with Gasteiger partial charge in [0, 0.05) is 66.9 Å². The van der Waals surface area contributed by atoms with E-state index in [-0.39, 0.29) is 36.4 Å². The normalized spacial score (nSPS) is 22.1. The Morgan fingerprint density at radius 1 is 1.08 bits per heavy atom. The molecule has 5 nitrogen and oxygen atoms in total. The molecule has 2 aliphatic heterocycles. The van der Waals surface area contributed by atoms with Crippen molar-refractivity contribution in [2.24, 2.45) is 5.92 Å². The average Bonchev–Trinajstić information content (AvgIpc) is 3.20. The number of hydrogen-bond acceptors (Lipinski definition) is 4. The molecule has 0 aliphatic carbocycles. The Balaban J connectivity index is 1.50. The van der Waals surface area contributed by atoms with Crippen LogP contribution in [0.1, 0.15) is 54.3 Å². The maximum atomic E-state index is 15.8. The lowest BCUT2D eigenvalue weighted by Gasteiger charge is -2.42. The zero-order chi connectivity index (χ0) is 25.4. The van der Waals surface area contributed by atoms with Gasteiger partial charge in [0.15, 0.2) is 0 Å². The van der Waals surface area contributed by atoms with Crippen LogP contribution in [0.15, 0.2) is 36.4 Å². The Hall–Kier alpha value is -2.39. The molecular formula is C28H34F3N3O2. The molecule has 1 fully saturated rings. The number of likely N-dealkylation sites (tertiary alicyclic amines) is 1. The number of fused-ring (bicyclic) bond motifs is 3. The maximum absolute atomic E-state index is 15.8. The number of aromatic amines is 1. The number of hydrogen-bond donors (Lipinski definition) is 3. The highest BCUT2D eigenvalue weighted by Gasteiger charge is 2.39. The fourth-order valence-corrected chi connectivity index (χ4v) is 6.00. The molecule has 1 saturated heterocycles. The third-order valence-electron chi connectivity index (χ3n) is 7.85. The van der Waals surface area contributed by atoms with Crippen molar-refractivity contribution in [3.63, 3.8) is 0 Å². The summed E-state index contributed by atoms with van der Waals surface area (Å²) in [5.41, 5.74) is 2.96. The fourth-order valence-electron chi connectivity index (χ4n) is 6.00. The molecular weight excluding hydrogens is 467 g/mol. The van der Waals surface area contributed by atoms with Gasteiger partial charge < -0.3 is 20.1 Å². The summed E-state index contributed by atoms with van der Waals surface area (Å²) in [7, 11) is 0. The van der Waals surface area contributed by atoms with Crippen LogP contribution in [-0.2, 0) is 6.42 Å². The van der Waals surface area contributed by atoms with Crippen molar-refractivity contribution in [1.82, 2.24) is 14.8 Å². The van der Waals surface area contributed by atoms with Crippen LogP contribution in [0.4, 0.5) is 13.2 Å². The minimum atomic E-state index is -0.982. The predicted octanol–water partition coefficient (Wildman–Crippen LogP) is 4.49. The van der Waals surface area contributed by atoms with Gasteiger partial charge in [0.1, 0.15) is 11.6 Å². The van der Waals surface area contributed by atoms with Crippen LogP contribution in [0.25, 0.3) is 10.9 Å². The second-order valence-electron chi connectivity index (χ2n) is 10.2. The lowest BCUT2D eigenvalue weighted by atomic mass is 9.85. The molecule has 0 bridgehead atoms. The van der Waals surface area contributed by atoms with Gasteiger partial charge in [0.25, 0.3) is 0 Å². The van der Waals surface area contributed by atoms with Crippen LogP contribution in [0.2, 0.25) is 0 Å². The van der Waals surface area contributed by atoms with Crippen LogP contribution in [0.5, 0.6) is 0 Å². The summed E-state index contributed by atoms with van der Waals surface area (Å²) in [6, 6.07) is 9.76. The Kier molecular flexibility index (Phi) is 7.40. The first kappa shape index (κ1) is 25.3. The van der Waals surface area contributed by atoms with Crippen LogP contribution in [-0.4, -0.2) is 70.5 Å². The van der Waals surface area contributed by atoms with E-state index >= 15 is 8.78 Å². The molecule has 2 aliphatic rings.